The van der Waals surface area contributed by atoms with Gasteiger partial charge in [0.25, 0.3) is 5.56 Å². The van der Waals surface area contributed by atoms with E-state index in [4.69, 9.17) is 0 Å². The lowest BCUT2D eigenvalue weighted by Gasteiger charge is -2.32. The van der Waals surface area contributed by atoms with Crippen molar-refractivity contribution in [2.24, 2.45) is 17.8 Å². The molecule has 0 amide bonds. The first-order valence-electron chi connectivity index (χ1n) is 15.1. The van der Waals surface area contributed by atoms with Gasteiger partial charge in [-0.1, -0.05) is 31.9 Å². The third-order valence-electron chi connectivity index (χ3n) is 9.44. The summed E-state index contributed by atoms with van der Waals surface area (Å²) in [5.41, 5.74) is 1.90. The SMILES string of the molecule is CC1C2CCCCC12.Cc1ccc(-c2nc3cnc(NC4CCC(N(C)C)CC4)nc3n(C(C)C)c2=O)cc1F.[HH].[HH]. The van der Waals surface area contributed by atoms with Crippen LogP contribution in [-0.2, 0) is 0 Å². The molecular weight excluding hydrogens is 503 g/mol. The first kappa shape index (κ1) is 28.7. The summed E-state index contributed by atoms with van der Waals surface area (Å²) in [7, 11) is 4.25. The summed E-state index contributed by atoms with van der Waals surface area (Å²) in [6.07, 6.45) is 12.1. The number of rotatable bonds is 5. The Morgan fingerprint density at radius 2 is 1.73 bits per heavy atom. The van der Waals surface area contributed by atoms with Gasteiger partial charge in [0, 0.05) is 26.5 Å². The second kappa shape index (κ2) is 11.9. The van der Waals surface area contributed by atoms with Crippen molar-refractivity contribution in [3.8, 4) is 11.3 Å². The third kappa shape index (κ3) is 6.07. The number of hydrogen-bond donors (Lipinski definition) is 1. The minimum atomic E-state index is -0.361. The van der Waals surface area contributed by atoms with Crippen molar-refractivity contribution in [2.45, 2.75) is 97.2 Å². The summed E-state index contributed by atoms with van der Waals surface area (Å²) < 4.78 is 15.8. The summed E-state index contributed by atoms with van der Waals surface area (Å²) in [5, 5.41) is 3.44. The molecule has 3 fully saturated rings. The van der Waals surface area contributed by atoms with Crippen LogP contribution in [0, 0.1) is 30.5 Å². The minimum absolute atomic E-state index is 0. The number of halogens is 1. The quantitative estimate of drug-likeness (QED) is 0.364. The van der Waals surface area contributed by atoms with E-state index in [1.54, 1.807) is 42.7 Å². The molecule has 6 rings (SSSR count). The maximum absolute atomic E-state index is 14.1. The number of hydrogen-bond acceptors (Lipinski definition) is 6. The Bertz CT molecular complexity index is 1390. The lowest BCUT2D eigenvalue weighted by atomic mass is 9.91. The molecule has 0 bridgehead atoms. The molecule has 2 aromatic heterocycles. The fraction of sp³-hybridized carbons (Fsp3) is 0.625. The van der Waals surface area contributed by atoms with Crippen LogP contribution in [-0.4, -0.2) is 50.6 Å². The molecule has 2 unspecified atom stereocenters. The fourth-order valence-electron chi connectivity index (χ4n) is 6.75. The average molecular weight is 553 g/mol. The van der Waals surface area contributed by atoms with Crippen molar-refractivity contribution < 1.29 is 7.24 Å². The lowest BCUT2D eigenvalue weighted by molar-refractivity contribution is 0.221. The highest BCUT2D eigenvalue weighted by Crippen LogP contribution is 2.54. The van der Waals surface area contributed by atoms with Gasteiger partial charge in [-0.3, -0.25) is 9.36 Å². The van der Waals surface area contributed by atoms with E-state index in [9.17, 15) is 9.18 Å². The van der Waals surface area contributed by atoms with Crippen LogP contribution in [0.4, 0.5) is 10.3 Å². The Hall–Kier alpha value is -2.87. The van der Waals surface area contributed by atoms with Crippen LogP contribution < -0.4 is 10.9 Å². The van der Waals surface area contributed by atoms with Crippen LogP contribution in [0.25, 0.3) is 22.4 Å². The molecule has 40 heavy (non-hydrogen) atoms. The van der Waals surface area contributed by atoms with Gasteiger partial charge in [-0.05, 0) is 103 Å². The van der Waals surface area contributed by atoms with Crippen LogP contribution in [0.3, 0.4) is 0 Å². The predicted molar refractivity (Wildman–Crippen MR) is 164 cm³/mol. The number of benzene rings is 1. The van der Waals surface area contributed by atoms with Crippen molar-refractivity contribution in [3.63, 3.8) is 0 Å². The van der Waals surface area contributed by atoms with Crippen molar-refractivity contribution >= 4 is 17.1 Å². The van der Waals surface area contributed by atoms with Crippen LogP contribution in [0.2, 0.25) is 0 Å². The molecule has 0 spiro atoms. The maximum atomic E-state index is 14.1. The topological polar surface area (TPSA) is 75.9 Å². The minimum Gasteiger partial charge on any atom is -0.351 e. The Labute approximate surface area is 240 Å². The summed E-state index contributed by atoms with van der Waals surface area (Å²) >= 11 is 0. The molecule has 3 saturated carbocycles. The van der Waals surface area contributed by atoms with Crippen LogP contribution >= 0.6 is 0 Å². The van der Waals surface area contributed by atoms with Crippen molar-refractivity contribution in [2.75, 3.05) is 19.4 Å². The van der Waals surface area contributed by atoms with Crippen molar-refractivity contribution in [3.05, 3.63) is 46.1 Å². The van der Waals surface area contributed by atoms with Crippen LogP contribution in [0.5, 0.6) is 0 Å². The number of aryl methyl sites for hydroxylation is 1. The highest BCUT2D eigenvalue weighted by atomic mass is 19.1. The second-order valence-electron chi connectivity index (χ2n) is 12.7. The van der Waals surface area contributed by atoms with Gasteiger partial charge in [0.2, 0.25) is 5.95 Å². The fourth-order valence-corrected chi connectivity index (χ4v) is 6.75. The highest BCUT2D eigenvalue weighted by Gasteiger charge is 2.46. The first-order valence-corrected chi connectivity index (χ1v) is 15.1. The maximum Gasteiger partial charge on any atom is 0.278 e. The molecule has 0 aliphatic heterocycles. The Balaban J connectivity index is 0.000000414. The van der Waals surface area contributed by atoms with E-state index in [-0.39, 0.29) is 26.0 Å². The molecule has 7 nitrogen and oxygen atoms in total. The van der Waals surface area contributed by atoms with Crippen LogP contribution in [0.1, 0.15) is 86.6 Å². The second-order valence-corrected chi connectivity index (χ2v) is 12.7. The van der Waals surface area contributed by atoms with Gasteiger partial charge >= 0.3 is 0 Å². The highest BCUT2D eigenvalue weighted by molar-refractivity contribution is 5.75. The molecule has 3 aliphatic rings. The summed E-state index contributed by atoms with van der Waals surface area (Å²) in [4.78, 5) is 29.3. The predicted octanol–water partition coefficient (Wildman–Crippen LogP) is 7.10. The number of anilines is 1. The van der Waals surface area contributed by atoms with Crippen molar-refractivity contribution in [1.82, 2.24) is 24.4 Å². The molecule has 3 aliphatic carbocycles. The Morgan fingerprint density at radius 1 is 1.05 bits per heavy atom. The van der Waals surface area contributed by atoms with Gasteiger partial charge in [-0.15, -0.1) is 0 Å². The van der Waals surface area contributed by atoms with Gasteiger partial charge in [-0.2, -0.15) is 4.98 Å². The number of nitrogens with zero attached hydrogens (tertiary/aromatic N) is 5. The lowest BCUT2D eigenvalue weighted by Crippen LogP contribution is -2.36. The molecule has 0 radical (unpaired) electrons. The number of nitrogens with one attached hydrogen (secondary N) is 1. The molecule has 2 heterocycles. The summed E-state index contributed by atoms with van der Waals surface area (Å²) in [6.45, 7) is 7.96. The standard InChI is InChI=1S/C24H31FN6O.C8H14.2H2/c1-14(2)31-22-20(28-21(23(31)32)16-7-6-15(3)19(25)12-16)13-26-24(29-22)27-17-8-10-18(11-9-17)30(4)5;1-6-7-4-2-3-5-8(6)7;;/h6-7,12-14,17-18H,8-11H2,1-5H3,(H,26,27,29);6-8H,2-5H2,1H3;2*1H. The zero-order valence-electron chi connectivity index (χ0n) is 25.0. The molecule has 220 valence electrons. The number of fused-ring (bicyclic) bond motifs is 2. The van der Waals surface area contributed by atoms with E-state index >= 15 is 0 Å². The van der Waals surface area contributed by atoms with Gasteiger partial charge in [0.1, 0.15) is 17.0 Å². The van der Waals surface area contributed by atoms with Gasteiger partial charge in [0.15, 0.2) is 5.65 Å². The summed E-state index contributed by atoms with van der Waals surface area (Å²) in [6, 6.07) is 5.53. The zero-order valence-corrected chi connectivity index (χ0v) is 25.0. The molecule has 3 aromatic rings. The van der Waals surface area contributed by atoms with Crippen LogP contribution in [0.15, 0.2) is 29.2 Å². The monoisotopic (exact) mass is 552 g/mol. The normalized spacial score (nSPS) is 25.9. The molecule has 0 saturated heterocycles. The Morgan fingerprint density at radius 3 is 2.30 bits per heavy atom. The van der Waals surface area contributed by atoms with E-state index in [0.717, 1.165) is 31.6 Å². The largest absolute Gasteiger partial charge is 0.351 e. The van der Waals surface area contributed by atoms with E-state index in [0.29, 0.717) is 40.3 Å². The van der Waals surface area contributed by atoms with Gasteiger partial charge < -0.3 is 10.2 Å². The van der Waals surface area contributed by atoms with Crippen molar-refractivity contribution in [1.29, 1.82) is 0 Å². The molecule has 8 heteroatoms. The van der Waals surface area contributed by atoms with E-state index in [1.165, 1.54) is 30.7 Å². The Kier molecular flexibility index (Phi) is 8.55. The molecule has 1 aromatic carbocycles. The average Bonchev–Trinajstić information content (AvgIpc) is 3.60. The van der Waals surface area contributed by atoms with E-state index < -0.39 is 0 Å². The smallest absolute Gasteiger partial charge is 0.278 e. The molecule has 1 N–H and O–H groups in total. The van der Waals surface area contributed by atoms with E-state index in [1.807, 2.05) is 13.8 Å². The summed E-state index contributed by atoms with van der Waals surface area (Å²) in [5.74, 6) is 3.60. The molecular formula is C32H49FN6O. The van der Waals surface area contributed by atoms with Gasteiger partial charge in [-0.25, -0.2) is 14.4 Å². The molecule has 2 atom stereocenters. The number of aromatic nitrogens is 4. The van der Waals surface area contributed by atoms with E-state index in [2.05, 4.69) is 46.2 Å². The third-order valence-corrected chi connectivity index (χ3v) is 9.44. The zero-order chi connectivity index (χ0) is 28.6. The van der Waals surface area contributed by atoms with Gasteiger partial charge in [0.05, 0.1) is 6.20 Å². The first-order chi connectivity index (χ1) is 19.1.